The monoisotopic (exact) mass is 419 g/mol. The largest absolute Gasteiger partial charge is 0.497 e. The number of ether oxygens (including phenoxy) is 1. The Balaban J connectivity index is 1.98. The molecule has 3 nitrogen and oxygen atoms in total. The van der Waals surface area contributed by atoms with Gasteiger partial charge in [-0.15, -0.1) is 0 Å². The Morgan fingerprint density at radius 2 is 2.11 bits per heavy atom. The summed E-state index contributed by atoms with van der Waals surface area (Å²) in [5.74, 6) is 1.60. The Labute approximate surface area is 128 Å². The summed E-state index contributed by atoms with van der Waals surface area (Å²) in [6.07, 6.45) is 1.73. The van der Waals surface area contributed by atoms with Crippen molar-refractivity contribution in [2.75, 3.05) is 7.11 Å². The number of halogens is 2. The molecule has 2 rings (SSSR count). The highest BCUT2D eigenvalue weighted by Gasteiger charge is 2.02. The van der Waals surface area contributed by atoms with Gasteiger partial charge in [-0.25, -0.2) is 0 Å². The fourth-order valence-corrected chi connectivity index (χ4v) is 2.12. The van der Waals surface area contributed by atoms with Crippen molar-refractivity contribution in [1.29, 1.82) is 0 Å². The average Bonchev–Trinajstić information content (AvgIpc) is 2.69. The summed E-state index contributed by atoms with van der Waals surface area (Å²) in [6, 6.07) is 9.75. The van der Waals surface area contributed by atoms with Crippen LogP contribution in [0.3, 0.4) is 0 Å². The van der Waals surface area contributed by atoms with E-state index in [9.17, 15) is 0 Å². The Morgan fingerprint density at radius 1 is 1.39 bits per heavy atom. The second-order valence-electron chi connectivity index (χ2n) is 3.59. The lowest BCUT2D eigenvalue weighted by atomic mass is 10.2. The Morgan fingerprint density at radius 3 is 2.67 bits per heavy atom. The van der Waals surface area contributed by atoms with Crippen LogP contribution in [0, 0.1) is 3.77 Å². The van der Waals surface area contributed by atoms with E-state index in [2.05, 4.69) is 43.5 Å². The standard InChI is InChI=1S/C13H11BrINO2/c1-17-10-4-2-9(3-5-10)7-16-8-11-6-12(14)13(15)18-11/h2-6,8H,7H2,1H3. The van der Waals surface area contributed by atoms with E-state index in [4.69, 9.17) is 9.15 Å². The van der Waals surface area contributed by atoms with E-state index in [1.54, 1.807) is 13.3 Å². The van der Waals surface area contributed by atoms with Crippen molar-refractivity contribution in [3.63, 3.8) is 0 Å². The molecule has 0 aliphatic rings. The van der Waals surface area contributed by atoms with Gasteiger partial charge in [0.15, 0.2) is 3.77 Å². The second-order valence-corrected chi connectivity index (χ2v) is 5.42. The minimum absolute atomic E-state index is 0.624. The average molecular weight is 420 g/mol. The molecule has 0 atom stereocenters. The number of nitrogens with zero attached hydrogens (tertiary/aromatic N) is 1. The van der Waals surface area contributed by atoms with Gasteiger partial charge < -0.3 is 9.15 Å². The van der Waals surface area contributed by atoms with E-state index in [-0.39, 0.29) is 0 Å². The van der Waals surface area contributed by atoms with Crippen LogP contribution in [0.4, 0.5) is 0 Å². The topological polar surface area (TPSA) is 34.7 Å². The molecule has 0 N–H and O–H groups in total. The molecule has 0 saturated heterocycles. The zero-order valence-corrected chi connectivity index (χ0v) is 13.4. The molecule has 0 radical (unpaired) electrons. The first-order valence-corrected chi connectivity index (χ1v) is 7.14. The van der Waals surface area contributed by atoms with Crippen molar-refractivity contribution in [3.8, 4) is 5.75 Å². The molecular formula is C13H11BrINO2. The molecule has 1 aromatic carbocycles. The molecule has 94 valence electrons. The first kappa shape index (κ1) is 13.6. The van der Waals surface area contributed by atoms with Gasteiger partial charge in [-0.05, 0) is 33.6 Å². The highest BCUT2D eigenvalue weighted by atomic mass is 127. The third kappa shape index (κ3) is 3.58. The van der Waals surface area contributed by atoms with E-state index in [0.717, 1.165) is 25.3 Å². The molecule has 1 heterocycles. The number of hydrogen-bond donors (Lipinski definition) is 0. The number of aliphatic imine (C=N–C) groups is 1. The number of benzene rings is 1. The van der Waals surface area contributed by atoms with Gasteiger partial charge in [0.2, 0.25) is 0 Å². The molecule has 0 spiro atoms. The third-order valence-electron chi connectivity index (χ3n) is 2.32. The number of rotatable bonds is 4. The van der Waals surface area contributed by atoms with Crippen LogP contribution < -0.4 is 4.74 Å². The zero-order valence-electron chi connectivity index (χ0n) is 9.69. The maximum atomic E-state index is 5.46. The summed E-state index contributed by atoms with van der Waals surface area (Å²) in [6.45, 7) is 0.624. The highest BCUT2D eigenvalue weighted by molar-refractivity contribution is 14.1. The Hall–Kier alpha value is -0.820. The Bertz CT molecular complexity index is 529. The second kappa shape index (κ2) is 6.38. The first-order valence-electron chi connectivity index (χ1n) is 5.26. The quantitative estimate of drug-likeness (QED) is 0.547. The lowest BCUT2D eigenvalue weighted by molar-refractivity contribution is 0.414. The lowest BCUT2D eigenvalue weighted by Crippen LogP contribution is -1.85. The fraction of sp³-hybridized carbons (Fsp3) is 0.154. The van der Waals surface area contributed by atoms with Gasteiger partial charge in [-0.1, -0.05) is 12.1 Å². The van der Waals surface area contributed by atoms with E-state index >= 15 is 0 Å². The SMILES string of the molecule is COc1ccc(CN=Cc2cc(Br)c(I)o2)cc1. The highest BCUT2D eigenvalue weighted by Crippen LogP contribution is 2.22. The minimum Gasteiger partial charge on any atom is -0.497 e. The van der Waals surface area contributed by atoms with E-state index in [0.29, 0.717) is 6.54 Å². The van der Waals surface area contributed by atoms with Crippen LogP contribution in [0.5, 0.6) is 5.75 Å². The van der Waals surface area contributed by atoms with Crippen LogP contribution in [-0.2, 0) is 6.54 Å². The Kier molecular flexibility index (Phi) is 4.82. The third-order valence-corrected chi connectivity index (χ3v) is 4.45. The van der Waals surface area contributed by atoms with Crippen molar-refractivity contribution >= 4 is 44.7 Å². The van der Waals surface area contributed by atoms with E-state index in [1.165, 1.54) is 0 Å². The molecule has 0 saturated carbocycles. The zero-order chi connectivity index (χ0) is 13.0. The van der Waals surface area contributed by atoms with E-state index in [1.807, 2.05) is 30.3 Å². The maximum Gasteiger partial charge on any atom is 0.178 e. The van der Waals surface area contributed by atoms with Crippen molar-refractivity contribution in [2.45, 2.75) is 6.54 Å². The fourth-order valence-electron chi connectivity index (χ4n) is 1.40. The van der Waals surface area contributed by atoms with Crippen molar-refractivity contribution in [2.24, 2.45) is 4.99 Å². The molecule has 18 heavy (non-hydrogen) atoms. The molecule has 5 heteroatoms. The summed E-state index contributed by atoms with van der Waals surface area (Å²) in [4.78, 5) is 4.34. The molecule has 0 unspecified atom stereocenters. The van der Waals surface area contributed by atoms with E-state index < -0.39 is 0 Å². The van der Waals surface area contributed by atoms with Crippen molar-refractivity contribution in [3.05, 3.63) is 49.9 Å². The van der Waals surface area contributed by atoms with Crippen molar-refractivity contribution < 1.29 is 9.15 Å². The minimum atomic E-state index is 0.624. The predicted molar refractivity (Wildman–Crippen MR) is 83.4 cm³/mol. The maximum absolute atomic E-state index is 5.46. The van der Waals surface area contributed by atoms with Crippen LogP contribution in [0.1, 0.15) is 11.3 Å². The van der Waals surface area contributed by atoms with Crippen LogP contribution in [0.2, 0.25) is 0 Å². The van der Waals surface area contributed by atoms with Gasteiger partial charge in [0, 0.05) is 28.7 Å². The normalized spacial score (nSPS) is 11.1. The molecule has 0 amide bonds. The van der Waals surface area contributed by atoms with Gasteiger partial charge in [0.05, 0.1) is 24.3 Å². The number of furan rings is 1. The summed E-state index contributed by atoms with van der Waals surface area (Å²) in [5.41, 5.74) is 1.13. The molecule has 0 aliphatic heterocycles. The molecule has 2 aromatic rings. The van der Waals surface area contributed by atoms with Crippen LogP contribution in [0.25, 0.3) is 0 Å². The molecule has 0 aliphatic carbocycles. The van der Waals surface area contributed by atoms with Gasteiger partial charge in [-0.3, -0.25) is 4.99 Å². The molecule has 1 aromatic heterocycles. The van der Waals surface area contributed by atoms with Crippen molar-refractivity contribution in [1.82, 2.24) is 0 Å². The summed E-state index contributed by atoms with van der Waals surface area (Å²) >= 11 is 5.52. The molecule has 0 fully saturated rings. The van der Waals surface area contributed by atoms with Gasteiger partial charge >= 0.3 is 0 Å². The van der Waals surface area contributed by atoms with Gasteiger partial charge in [0.1, 0.15) is 11.5 Å². The summed E-state index contributed by atoms with van der Waals surface area (Å²) < 4.78 is 12.3. The van der Waals surface area contributed by atoms with Gasteiger partial charge in [0.25, 0.3) is 0 Å². The van der Waals surface area contributed by atoms with Crippen LogP contribution >= 0.6 is 38.5 Å². The number of hydrogen-bond acceptors (Lipinski definition) is 3. The summed E-state index contributed by atoms with van der Waals surface area (Å²) in [7, 11) is 1.66. The number of methoxy groups -OCH3 is 1. The molecular weight excluding hydrogens is 409 g/mol. The first-order chi connectivity index (χ1) is 8.69. The van der Waals surface area contributed by atoms with Gasteiger partial charge in [-0.2, -0.15) is 0 Å². The van der Waals surface area contributed by atoms with Crippen LogP contribution in [-0.4, -0.2) is 13.3 Å². The lowest BCUT2D eigenvalue weighted by Gasteiger charge is -2.00. The smallest absolute Gasteiger partial charge is 0.178 e. The predicted octanol–water partition coefficient (Wildman–Crippen LogP) is 4.27. The summed E-state index contributed by atoms with van der Waals surface area (Å²) in [5, 5.41) is 0. The van der Waals surface area contributed by atoms with Crippen LogP contribution in [0.15, 0.2) is 44.2 Å². The molecule has 0 bridgehead atoms.